The minimum atomic E-state index is -0.483. The molecule has 4 nitrogen and oxygen atoms in total. The molecule has 0 aliphatic rings. The molecular weight excluding hydrogens is 221 g/mol. The minimum Gasteiger partial charge on any atom is -0.481 e. The van der Waals surface area contributed by atoms with E-state index in [2.05, 4.69) is 9.97 Å². The molecule has 5 heteroatoms. The van der Waals surface area contributed by atoms with Gasteiger partial charge in [0.25, 0.3) is 0 Å². The predicted octanol–water partition coefficient (Wildman–Crippen LogP) is 2.16. The Labute approximate surface area is 97.3 Å². The topological polar surface area (TPSA) is 58.8 Å². The molecule has 0 aliphatic carbocycles. The van der Waals surface area contributed by atoms with Crippen molar-refractivity contribution >= 4 is 0 Å². The molecule has 0 aromatic carbocycles. The van der Waals surface area contributed by atoms with Crippen LogP contribution in [0.25, 0.3) is 11.4 Å². The average Bonchev–Trinajstić information content (AvgIpc) is 2.39. The summed E-state index contributed by atoms with van der Waals surface area (Å²) < 4.78 is 18.5. The van der Waals surface area contributed by atoms with E-state index in [1.54, 1.807) is 12.1 Å². The van der Waals surface area contributed by atoms with Gasteiger partial charge in [-0.05, 0) is 18.2 Å². The van der Waals surface area contributed by atoms with Crippen molar-refractivity contribution in [3.8, 4) is 23.3 Å². The van der Waals surface area contributed by atoms with Crippen LogP contribution in [0.5, 0.6) is 5.88 Å². The third-order valence-corrected chi connectivity index (χ3v) is 2.16. The number of methoxy groups -OCH3 is 1. The summed E-state index contributed by atoms with van der Waals surface area (Å²) in [6.07, 6.45) is 1.37. The van der Waals surface area contributed by atoms with E-state index in [0.29, 0.717) is 17.1 Å². The Morgan fingerprint density at radius 3 is 2.71 bits per heavy atom. The summed E-state index contributed by atoms with van der Waals surface area (Å²) in [5, 5.41) is 8.64. The maximum atomic E-state index is 13.6. The van der Waals surface area contributed by atoms with Gasteiger partial charge >= 0.3 is 0 Å². The first-order valence-corrected chi connectivity index (χ1v) is 4.81. The fourth-order valence-electron chi connectivity index (χ4n) is 1.32. The molecule has 0 amide bonds. The molecule has 0 atom stereocenters. The lowest BCUT2D eigenvalue weighted by Gasteiger charge is -2.04. The van der Waals surface area contributed by atoms with Crippen LogP contribution in [0.2, 0.25) is 0 Å². The molecule has 2 heterocycles. The van der Waals surface area contributed by atoms with Gasteiger partial charge in [-0.1, -0.05) is 0 Å². The highest BCUT2D eigenvalue weighted by Crippen LogP contribution is 2.21. The summed E-state index contributed by atoms with van der Waals surface area (Å²) in [6.45, 7) is 0. The largest absolute Gasteiger partial charge is 0.481 e. The second-order valence-electron chi connectivity index (χ2n) is 3.23. The fraction of sp³-hybridized carbons (Fsp3) is 0.0833. The zero-order valence-electron chi connectivity index (χ0n) is 9.01. The van der Waals surface area contributed by atoms with Gasteiger partial charge in [0.05, 0.1) is 18.4 Å². The number of nitriles is 1. The summed E-state index contributed by atoms with van der Waals surface area (Å²) in [4.78, 5) is 7.95. The number of halogens is 1. The molecule has 0 radical (unpaired) electrons. The molecule has 0 N–H and O–H groups in total. The van der Waals surface area contributed by atoms with Crippen molar-refractivity contribution < 1.29 is 9.13 Å². The lowest BCUT2D eigenvalue weighted by atomic mass is 10.2. The molecular formula is C12H8FN3O. The van der Waals surface area contributed by atoms with Crippen LogP contribution in [-0.4, -0.2) is 17.1 Å². The first-order valence-electron chi connectivity index (χ1n) is 4.81. The Kier molecular flexibility index (Phi) is 2.97. The molecule has 2 rings (SSSR count). The van der Waals surface area contributed by atoms with Crippen molar-refractivity contribution in [2.45, 2.75) is 0 Å². The van der Waals surface area contributed by atoms with E-state index >= 15 is 0 Å². The molecule has 0 fully saturated rings. The van der Waals surface area contributed by atoms with E-state index in [-0.39, 0.29) is 5.69 Å². The summed E-state index contributed by atoms with van der Waals surface area (Å²) in [5.74, 6) is -0.171. The predicted molar refractivity (Wildman–Crippen MR) is 58.7 cm³/mol. The highest BCUT2D eigenvalue weighted by Gasteiger charge is 2.09. The van der Waals surface area contributed by atoms with E-state index in [4.69, 9.17) is 10.00 Å². The van der Waals surface area contributed by atoms with E-state index in [1.807, 2.05) is 6.07 Å². The summed E-state index contributed by atoms with van der Waals surface area (Å²) in [6, 6.07) is 7.74. The Hall–Kier alpha value is -2.48. The normalized spacial score (nSPS) is 9.71. The number of rotatable bonds is 2. The maximum absolute atomic E-state index is 13.6. The second kappa shape index (κ2) is 4.58. The highest BCUT2D eigenvalue weighted by molar-refractivity contribution is 5.56. The van der Waals surface area contributed by atoms with Crippen molar-refractivity contribution in [2.24, 2.45) is 0 Å². The molecule has 2 aromatic rings. The number of pyridine rings is 2. The zero-order valence-corrected chi connectivity index (χ0v) is 9.01. The average molecular weight is 229 g/mol. The van der Waals surface area contributed by atoms with E-state index in [1.165, 1.54) is 25.4 Å². The fourth-order valence-corrected chi connectivity index (χ4v) is 1.32. The quantitative estimate of drug-likeness (QED) is 0.791. The molecule has 17 heavy (non-hydrogen) atoms. The third kappa shape index (κ3) is 2.21. The van der Waals surface area contributed by atoms with E-state index < -0.39 is 5.82 Å². The lowest BCUT2D eigenvalue weighted by molar-refractivity contribution is 0.396. The Morgan fingerprint density at radius 2 is 2.12 bits per heavy atom. The third-order valence-electron chi connectivity index (χ3n) is 2.16. The molecule has 2 aromatic heterocycles. The molecule has 0 saturated carbocycles. The van der Waals surface area contributed by atoms with Gasteiger partial charge in [-0.25, -0.2) is 9.37 Å². The van der Waals surface area contributed by atoms with Gasteiger partial charge in [-0.3, -0.25) is 4.98 Å². The molecule has 0 bridgehead atoms. The minimum absolute atomic E-state index is 0.105. The standard InChI is InChI=1S/C12H8FN3O/c1-17-11-5-3-9(13)12(16-11)10-4-2-8(6-14)7-15-10/h2-5,7H,1H3. The monoisotopic (exact) mass is 229 g/mol. The number of hydrogen-bond donors (Lipinski definition) is 0. The first kappa shape index (κ1) is 11.0. The van der Waals surface area contributed by atoms with Crippen molar-refractivity contribution in [1.82, 2.24) is 9.97 Å². The SMILES string of the molecule is COc1ccc(F)c(-c2ccc(C#N)cn2)n1. The van der Waals surface area contributed by atoms with Crippen LogP contribution in [0, 0.1) is 17.1 Å². The van der Waals surface area contributed by atoms with Gasteiger partial charge in [0.2, 0.25) is 5.88 Å². The van der Waals surface area contributed by atoms with Crippen LogP contribution >= 0.6 is 0 Å². The first-order chi connectivity index (χ1) is 8.24. The van der Waals surface area contributed by atoms with Crippen molar-refractivity contribution in [2.75, 3.05) is 7.11 Å². The molecule has 0 saturated heterocycles. The number of hydrogen-bond acceptors (Lipinski definition) is 4. The zero-order chi connectivity index (χ0) is 12.3. The van der Waals surface area contributed by atoms with Gasteiger partial charge in [0, 0.05) is 12.3 Å². The van der Waals surface area contributed by atoms with Crippen LogP contribution in [0.15, 0.2) is 30.5 Å². The smallest absolute Gasteiger partial charge is 0.213 e. The van der Waals surface area contributed by atoms with Gasteiger partial charge < -0.3 is 4.74 Å². The van der Waals surface area contributed by atoms with Gasteiger partial charge in [-0.15, -0.1) is 0 Å². The summed E-state index contributed by atoms with van der Waals surface area (Å²) in [7, 11) is 1.45. The van der Waals surface area contributed by atoms with Gasteiger partial charge in [0.1, 0.15) is 11.8 Å². The van der Waals surface area contributed by atoms with Crippen LogP contribution < -0.4 is 4.74 Å². The lowest BCUT2D eigenvalue weighted by Crippen LogP contribution is -1.95. The number of aromatic nitrogens is 2. The number of nitrogens with zero attached hydrogens (tertiary/aromatic N) is 3. The molecule has 0 unspecified atom stereocenters. The van der Waals surface area contributed by atoms with Crippen LogP contribution in [0.1, 0.15) is 5.56 Å². The van der Waals surface area contributed by atoms with Gasteiger partial charge in [-0.2, -0.15) is 5.26 Å². The molecule has 0 spiro atoms. The van der Waals surface area contributed by atoms with E-state index in [9.17, 15) is 4.39 Å². The Balaban J connectivity index is 2.48. The summed E-state index contributed by atoms with van der Waals surface area (Å²) in [5.41, 5.74) is 0.881. The second-order valence-corrected chi connectivity index (χ2v) is 3.23. The van der Waals surface area contributed by atoms with Crippen LogP contribution in [0.3, 0.4) is 0 Å². The van der Waals surface area contributed by atoms with Crippen LogP contribution in [0.4, 0.5) is 4.39 Å². The Morgan fingerprint density at radius 1 is 1.29 bits per heavy atom. The highest BCUT2D eigenvalue weighted by atomic mass is 19.1. The maximum Gasteiger partial charge on any atom is 0.213 e. The number of ether oxygens (including phenoxy) is 1. The van der Waals surface area contributed by atoms with Crippen molar-refractivity contribution in [1.29, 1.82) is 5.26 Å². The molecule has 0 aliphatic heterocycles. The van der Waals surface area contributed by atoms with Crippen LogP contribution in [-0.2, 0) is 0 Å². The Bertz CT molecular complexity index is 575. The van der Waals surface area contributed by atoms with Crippen molar-refractivity contribution in [3.63, 3.8) is 0 Å². The van der Waals surface area contributed by atoms with Crippen molar-refractivity contribution in [3.05, 3.63) is 41.8 Å². The van der Waals surface area contributed by atoms with E-state index in [0.717, 1.165) is 0 Å². The summed E-state index contributed by atoms with van der Waals surface area (Å²) >= 11 is 0. The van der Waals surface area contributed by atoms with Gasteiger partial charge in [0.15, 0.2) is 5.82 Å². The molecule has 84 valence electrons.